The summed E-state index contributed by atoms with van der Waals surface area (Å²) in [5.74, 6) is 1.93. The van der Waals surface area contributed by atoms with Crippen LogP contribution in [0, 0.1) is 0 Å². The van der Waals surface area contributed by atoms with E-state index in [1.807, 2.05) is 34.5 Å². The lowest BCUT2D eigenvalue weighted by Gasteiger charge is -2.31. The number of nitrogen functional groups attached to an aromatic ring is 1. The summed E-state index contributed by atoms with van der Waals surface area (Å²) >= 11 is 3.77. The van der Waals surface area contributed by atoms with E-state index in [9.17, 15) is 14.7 Å². The number of likely N-dealkylation sites (tertiary alicyclic amines) is 1. The molecule has 7 nitrogen and oxygen atoms in total. The minimum absolute atomic E-state index is 0.0536. The van der Waals surface area contributed by atoms with Crippen molar-refractivity contribution in [2.45, 2.75) is 56.6 Å². The molecule has 1 fully saturated rings. The Bertz CT molecular complexity index is 1840. The lowest BCUT2D eigenvalue weighted by molar-refractivity contribution is -0.116. The van der Waals surface area contributed by atoms with Gasteiger partial charge in [0.2, 0.25) is 5.91 Å². The number of nitrogens with zero attached hydrogens (tertiary/aromatic N) is 1. The normalized spacial score (nSPS) is 15.0. The van der Waals surface area contributed by atoms with Gasteiger partial charge in [-0.3, -0.25) is 9.59 Å². The fourth-order valence-electron chi connectivity index (χ4n) is 6.59. The Morgan fingerprint density at radius 1 is 0.978 bits per heavy atom. The van der Waals surface area contributed by atoms with Gasteiger partial charge in [-0.15, -0.1) is 23.5 Å². The van der Waals surface area contributed by atoms with Crippen molar-refractivity contribution in [1.29, 1.82) is 0 Å². The highest BCUT2D eigenvalue weighted by molar-refractivity contribution is 8.17. The molecule has 9 heteroatoms. The maximum atomic E-state index is 13.5. The average Bonchev–Trinajstić information content (AvgIpc) is 3.55. The number of hydrogen-bond acceptors (Lipinski definition) is 7. The van der Waals surface area contributed by atoms with Crippen LogP contribution >= 0.6 is 23.5 Å². The van der Waals surface area contributed by atoms with E-state index < -0.39 is 0 Å². The van der Waals surface area contributed by atoms with Crippen molar-refractivity contribution in [2.75, 3.05) is 35.7 Å². The first-order chi connectivity index (χ1) is 22.4. The Kier molecular flexibility index (Phi) is 9.99. The minimum atomic E-state index is -0.143. The fraction of sp³-hybridized carbons (Fsp3) is 0.351. The summed E-state index contributed by atoms with van der Waals surface area (Å²) in [6.45, 7) is 5.29. The molecule has 1 aliphatic heterocycles. The van der Waals surface area contributed by atoms with Gasteiger partial charge in [0.15, 0.2) is 11.5 Å². The molecule has 0 bridgehead atoms. The van der Waals surface area contributed by atoms with Gasteiger partial charge in [0, 0.05) is 35.8 Å². The molecule has 0 aliphatic carbocycles. The molecule has 5 aromatic rings. The molecule has 0 radical (unpaired) electrons. The van der Waals surface area contributed by atoms with E-state index in [0.29, 0.717) is 48.2 Å². The van der Waals surface area contributed by atoms with Crippen molar-refractivity contribution in [3.05, 3.63) is 72.3 Å². The molecule has 1 saturated heterocycles. The number of nitrogens with two attached hydrogens (primary N) is 1. The summed E-state index contributed by atoms with van der Waals surface area (Å²) in [7, 11) is 0. The van der Waals surface area contributed by atoms with Gasteiger partial charge < -0.3 is 25.8 Å². The highest BCUT2D eigenvalue weighted by Crippen LogP contribution is 2.39. The third kappa shape index (κ3) is 6.53. The maximum absolute atomic E-state index is 13.5. The van der Waals surface area contributed by atoms with Gasteiger partial charge in [-0.05, 0) is 76.3 Å². The number of phenols is 1. The second kappa shape index (κ2) is 14.3. The quantitative estimate of drug-likeness (QED) is 0.0384. The number of hydrogen-bond donors (Lipinski definition) is 3. The molecule has 4 N–H and O–H groups in total. The van der Waals surface area contributed by atoms with E-state index >= 15 is 0 Å². The van der Waals surface area contributed by atoms with Crippen LogP contribution in [0.4, 0.5) is 11.4 Å². The zero-order valence-electron chi connectivity index (χ0n) is 26.4. The smallest absolute Gasteiger partial charge is 0.256 e. The number of aromatic hydroxyl groups is 1. The van der Waals surface area contributed by atoms with Crippen LogP contribution in [0.2, 0.25) is 0 Å². The van der Waals surface area contributed by atoms with Crippen LogP contribution in [0.3, 0.4) is 0 Å². The third-order valence-electron chi connectivity index (χ3n) is 8.76. The van der Waals surface area contributed by atoms with Crippen molar-refractivity contribution < 1.29 is 19.4 Å². The largest absolute Gasteiger partial charge is 0.504 e. The molecule has 0 spiro atoms. The molecule has 1 aliphatic rings. The van der Waals surface area contributed by atoms with E-state index in [2.05, 4.69) is 67.7 Å². The van der Waals surface area contributed by atoms with Crippen LogP contribution in [-0.2, 0) is 4.79 Å². The molecule has 240 valence electrons. The molecule has 0 aromatic heterocycles. The second-order valence-electron chi connectivity index (χ2n) is 11.7. The monoisotopic (exact) mass is 655 g/mol. The van der Waals surface area contributed by atoms with Gasteiger partial charge in [-0.2, -0.15) is 0 Å². The number of benzene rings is 5. The first kappa shape index (κ1) is 32.1. The van der Waals surface area contributed by atoms with Gasteiger partial charge in [0.1, 0.15) is 0 Å². The number of carbonyl (C=O) groups excluding carboxylic acids is 2. The van der Waals surface area contributed by atoms with Crippen LogP contribution in [0.5, 0.6) is 11.5 Å². The van der Waals surface area contributed by atoms with Crippen molar-refractivity contribution >= 4 is 79.0 Å². The van der Waals surface area contributed by atoms with Crippen LogP contribution in [0.15, 0.2) is 66.7 Å². The van der Waals surface area contributed by atoms with E-state index in [0.717, 1.165) is 40.8 Å². The second-order valence-corrected chi connectivity index (χ2v) is 14.9. The van der Waals surface area contributed by atoms with Crippen molar-refractivity contribution in [3.8, 4) is 11.5 Å². The third-order valence-corrected chi connectivity index (χ3v) is 11.5. The Morgan fingerprint density at radius 3 is 2.41 bits per heavy atom. The molecule has 1 atom stereocenters. The predicted octanol–water partition coefficient (Wildman–Crippen LogP) is 8.50. The number of thioether (sulfide) groups is 2. The zero-order chi connectivity index (χ0) is 32.2. The molecule has 5 aromatic carbocycles. The van der Waals surface area contributed by atoms with Crippen LogP contribution in [0.1, 0.15) is 56.3 Å². The number of anilines is 2. The molecule has 1 heterocycles. The zero-order valence-corrected chi connectivity index (χ0v) is 28.0. The summed E-state index contributed by atoms with van der Waals surface area (Å²) in [6, 6.07) is 21.9. The van der Waals surface area contributed by atoms with Crippen LogP contribution in [0.25, 0.3) is 32.3 Å². The number of ether oxygens (including phenoxy) is 1. The van der Waals surface area contributed by atoms with E-state index in [-0.39, 0.29) is 29.4 Å². The Morgan fingerprint density at radius 2 is 1.67 bits per heavy atom. The van der Waals surface area contributed by atoms with Gasteiger partial charge in [0.25, 0.3) is 5.91 Å². The average molecular weight is 656 g/mol. The topological polar surface area (TPSA) is 105 Å². The summed E-state index contributed by atoms with van der Waals surface area (Å²) in [5.41, 5.74) is 7.74. The Labute approximate surface area is 278 Å². The maximum Gasteiger partial charge on any atom is 0.256 e. The number of nitrogens with one attached hydrogen (secondary N) is 1. The van der Waals surface area contributed by atoms with Crippen LogP contribution < -0.4 is 15.8 Å². The van der Waals surface area contributed by atoms with Crippen molar-refractivity contribution in [1.82, 2.24) is 4.90 Å². The molecule has 6 rings (SSSR count). The van der Waals surface area contributed by atoms with Gasteiger partial charge in [-0.25, -0.2) is 0 Å². The Hall–Kier alpha value is -3.82. The van der Waals surface area contributed by atoms with Gasteiger partial charge in [0.05, 0.1) is 22.8 Å². The Balaban J connectivity index is 1.03. The van der Waals surface area contributed by atoms with E-state index in [1.165, 1.54) is 33.7 Å². The lowest BCUT2D eigenvalue weighted by atomic mass is 9.93. The first-order valence-electron chi connectivity index (χ1n) is 16.2. The molecular weight excluding hydrogens is 615 g/mol. The summed E-state index contributed by atoms with van der Waals surface area (Å²) in [4.78, 5) is 28.4. The number of amides is 2. The molecule has 0 unspecified atom stereocenters. The number of phenolic OH excluding ortho intramolecular Hbond substituents is 1. The number of rotatable bonds is 13. The highest BCUT2D eigenvalue weighted by Gasteiger charge is 2.36. The minimum Gasteiger partial charge on any atom is -0.504 e. The summed E-state index contributed by atoms with van der Waals surface area (Å²) in [5, 5.41) is 20.8. The van der Waals surface area contributed by atoms with E-state index in [4.69, 9.17) is 10.5 Å². The molecule has 46 heavy (non-hydrogen) atoms. The van der Waals surface area contributed by atoms with Gasteiger partial charge in [-0.1, -0.05) is 62.4 Å². The van der Waals surface area contributed by atoms with Gasteiger partial charge >= 0.3 is 0 Å². The van der Waals surface area contributed by atoms with E-state index in [1.54, 1.807) is 0 Å². The SMILES string of the molecule is CCSC(SCC)[C@@H]1CCCN1C(=O)c1cc(O)c(OCCCCC(=O)Nc2ccc3ccc4cccc5ccc2c3c45)cc1N. The highest BCUT2D eigenvalue weighted by atomic mass is 32.2. The number of carbonyl (C=O) groups is 2. The fourth-order valence-corrected chi connectivity index (χ4v) is 9.46. The molecular formula is C37H41N3O4S2. The molecule has 0 saturated carbocycles. The lowest BCUT2D eigenvalue weighted by Crippen LogP contribution is -2.41. The number of unbranched alkanes of at least 4 members (excludes halogenated alkanes) is 1. The van der Waals surface area contributed by atoms with Crippen LogP contribution in [-0.4, -0.2) is 57.1 Å². The summed E-state index contributed by atoms with van der Waals surface area (Å²) in [6.07, 6.45) is 3.52. The standard InChI is InChI=1S/C37H41N3O4S2/c1-3-45-37(46-4-2)30-11-8-19-40(30)36(43)27-21-31(41)32(22-28(27)38)44-20-6-5-12-33(42)39-29-18-16-25-14-13-23-9-7-10-24-15-17-26(29)35(25)34(23)24/h7,9-10,13-18,21-22,30,37,41H,3-6,8,11-12,19-20,38H2,1-2H3,(H,39,42)/t30-/m0/s1. The first-order valence-corrected chi connectivity index (χ1v) is 18.2. The van der Waals surface area contributed by atoms with Crippen molar-refractivity contribution in [3.63, 3.8) is 0 Å². The summed E-state index contributed by atoms with van der Waals surface area (Å²) < 4.78 is 6.15. The predicted molar refractivity (Wildman–Crippen MR) is 195 cm³/mol. The molecule has 2 amide bonds. The van der Waals surface area contributed by atoms with Crippen molar-refractivity contribution in [2.24, 2.45) is 0 Å².